The van der Waals surface area contributed by atoms with Gasteiger partial charge in [0.25, 0.3) is 0 Å². The zero-order chi connectivity index (χ0) is 21.8. The highest BCUT2D eigenvalue weighted by molar-refractivity contribution is 6.11. The van der Waals surface area contributed by atoms with E-state index in [2.05, 4.69) is 20.6 Å². The Morgan fingerprint density at radius 2 is 1.58 bits per heavy atom. The van der Waals surface area contributed by atoms with Crippen LogP contribution >= 0.6 is 0 Å². The van der Waals surface area contributed by atoms with Crippen molar-refractivity contribution >= 4 is 34.2 Å². The number of benzene rings is 3. The molecule has 4 rings (SSSR count). The fourth-order valence-corrected chi connectivity index (χ4v) is 3.00. The molecular formula is C23H17FN4O3. The van der Waals surface area contributed by atoms with Crippen molar-refractivity contribution in [1.82, 2.24) is 9.97 Å². The van der Waals surface area contributed by atoms with Crippen molar-refractivity contribution < 1.29 is 18.7 Å². The molecule has 0 radical (unpaired) electrons. The molecule has 2 N–H and O–H groups in total. The number of amides is 2. The van der Waals surface area contributed by atoms with E-state index >= 15 is 0 Å². The first-order chi connectivity index (χ1) is 15.0. The molecule has 154 valence electrons. The Morgan fingerprint density at radius 3 is 2.32 bits per heavy atom. The van der Waals surface area contributed by atoms with Gasteiger partial charge < -0.3 is 15.4 Å². The lowest BCUT2D eigenvalue weighted by atomic mass is 10.0. The van der Waals surface area contributed by atoms with Crippen LogP contribution in [0.1, 0.15) is 15.9 Å². The summed E-state index contributed by atoms with van der Waals surface area (Å²) in [5.74, 6) is -0.337. The van der Waals surface area contributed by atoms with Crippen LogP contribution in [0.25, 0.3) is 11.0 Å². The molecule has 0 unspecified atom stereocenters. The summed E-state index contributed by atoms with van der Waals surface area (Å²) >= 11 is 0. The summed E-state index contributed by atoms with van der Waals surface area (Å²) in [4.78, 5) is 33.7. The van der Waals surface area contributed by atoms with Crippen molar-refractivity contribution in [2.45, 2.75) is 0 Å². The second-order valence-corrected chi connectivity index (χ2v) is 6.62. The van der Waals surface area contributed by atoms with Crippen molar-refractivity contribution in [3.05, 3.63) is 89.9 Å². The second kappa shape index (κ2) is 8.58. The topological polar surface area (TPSA) is 93.2 Å². The molecule has 3 aromatic carbocycles. The first kappa shape index (κ1) is 20.0. The third-order valence-corrected chi connectivity index (χ3v) is 4.46. The number of hydrogen-bond donors (Lipinski definition) is 2. The maximum atomic E-state index is 13.3. The van der Waals surface area contributed by atoms with E-state index in [1.807, 2.05) is 0 Å². The Morgan fingerprint density at radius 1 is 0.871 bits per heavy atom. The van der Waals surface area contributed by atoms with Crippen LogP contribution in [0.5, 0.6) is 5.88 Å². The molecule has 0 aliphatic carbocycles. The molecule has 0 fully saturated rings. The number of hydrogen-bond acceptors (Lipinski definition) is 5. The van der Waals surface area contributed by atoms with Gasteiger partial charge in [0.05, 0.1) is 24.3 Å². The van der Waals surface area contributed by atoms with E-state index in [0.29, 0.717) is 39.4 Å². The average molecular weight is 416 g/mol. The molecule has 8 heteroatoms. The molecule has 0 aliphatic heterocycles. The van der Waals surface area contributed by atoms with Crippen molar-refractivity contribution in [3.8, 4) is 5.88 Å². The Labute approximate surface area is 176 Å². The van der Waals surface area contributed by atoms with Crippen LogP contribution in [0, 0.1) is 5.82 Å². The maximum absolute atomic E-state index is 13.3. The molecule has 31 heavy (non-hydrogen) atoms. The molecule has 1 heterocycles. The number of methoxy groups -OCH3 is 1. The first-order valence-electron chi connectivity index (χ1n) is 9.31. The summed E-state index contributed by atoms with van der Waals surface area (Å²) in [5.41, 5.74) is 2.73. The smallest absolute Gasteiger partial charge is 0.323 e. The third kappa shape index (κ3) is 4.64. The minimum atomic E-state index is -0.553. The molecule has 0 saturated carbocycles. The van der Waals surface area contributed by atoms with E-state index in [-0.39, 0.29) is 5.78 Å². The number of nitrogens with zero attached hydrogens (tertiary/aromatic N) is 2. The minimum Gasteiger partial charge on any atom is -0.480 e. The molecule has 0 saturated heterocycles. The number of ketones is 1. The fourth-order valence-electron chi connectivity index (χ4n) is 3.00. The van der Waals surface area contributed by atoms with Crippen LogP contribution in [0.15, 0.2) is 72.9 Å². The second-order valence-electron chi connectivity index (χ2n) is 6.62. The summed E-state index contributed by atoms with van der Waals surface area (Å²) in [6, 6.07) is 16.6. The largest absolute Gasteiger partial charge is 0.480 e. The SMILES string of the molecule is COc1cnc2ccc(C(=O)c3cccc(NC(=O)Nc4cccc(F)c4)c3)cc2n1. The molecule has 2 amide bonds. The summed E-state index contributed by atoms with van der Waals surface area (Å²) in [6.07, 6.45) is 1.51. The number of carbonyl (C=O) groups is 2. The zero-order valence-electron chi connectivity index (χ0n) is 16.4. The van der Waals surface area contributed by atoms with E-state index in [0.717, 1.165) is 0 Å². The molecule has 0 atom stereocenters. The molecule has 7 nitrogen and oxygen atoms in total. The van der Waals surface area contributed by atoms with Crippen molar-refractivity contribution in [3.63, 3.8) is 0 Å². The van der Waals surface area contributed by atoms with Gasteiger partial charge in [-0.3, -0.25) is 4.79 Å². The van der Waals surface area contributed by atoms with Gasteiger partial charge in [0.2, 0.25) is 5.88 Å². The average Bonchev–Trinajstić information content (AvgIpc) is 2.78. The van der Waals surface area contributed by atoms with Gasteiger partial charge in [0, 0.05) is 22.5 Å². The first-order valence-corrected chi connectivity index (χ1v) is 9.31. The molecule has 0 bridgehead atoms. The Kier molecular flexibility index (Phi) is 5.53. The summed E-state index contributed by atoms with van der Waals surface area (Å²) in [6.45, 7) is 0. The quantitative estimate of drug-likeness (QED) is 0.462. The van der Waals surface area contributed by atoms with Gasteiger partial charge in [0.15, 0.2) is 5.78 Å². The minimum absolute atomic E-state index is 0.235. The number of nitrogens with one attached hydrogen (secondary N) is 2. The predicted octanol–water partition coefficient (Wildman–Crippen LogP) is 4.65. The summed E-state index contributed by atoms with van der Waals surface area (Å²) < 4.78 is 18.3. The van der Waals surface area contributed by atoms with Crippen molar-refractivity contribution in [2.24, 2.45) is 0 Å². The number of anilines is 2. The Hall–Kier alpha value is -4.33. The maximum Gasteiger partial charge on any atom is 0.323 e. The third-order valence-electron chi connectivity index (χ3n) is 4.46. The van der Waals surface area contributed by atoms with Gasteiger partial charge >= 0.3 is 6.03 Å². The number of fused-ring (bicyclic) bond motifs is 1. The van der Waals surface area contributed by atoms with Crippen molar-refractivity contribution in [1.29, 1.82) is 0 Å². The number of ether oxygens (including phenoxy) is 1. The molecular weight excluding hydrogens is 399 g/mol. The number of urea groups is 1. The van der Waals surface area contributed by atoms with Gasteiger partial charge in [-0.15, -0.1) is 0 Å². The zero-order valence-corrected chi connectivity index (χ0v) is 16.4. The number of halogens is 1. The number of rotatable bonds is 5. The molecule has 1 aromatic heterocycles. The van der Waals surface area contributed by atoms with E-state index in [4.69, 9.17) is 4.74 Å². The molecule has 0 spiro atoms. The van der Waals surface area contributed by atoms with Crippen LogP contribution in [0.4, 0.5) is 20.6 Å². The highest BCUT2D eigenvalue weighted by Gasteiger charge is 2.12. The highest BCUT2D eigenvalue weighted by atomic mass is 19.1. The summed E-state index contributed by atoms with van der Waals surface area (Å²) in [7, 11) is 1.49. The lowest BCUT2D eigenvalue weighted by Crippen LogP contribution is -2.19. The standard InChI is InChI=1S/C23H17FN4O3/c1-31-21-13-25-19-9-8-15(11-20(19)28-21)22(29)14-4-2-6-17(10-14)26-23(30)27-18-7-3-5-16(24)12-18/h2-13H,1H3,(H2,26,27,30). The lowest BCUT2D eigenvalue weighted by molar-refractivity contribution is 0.103. The Balaban J connectivity index is 1.52. The van der Waals surface area contributed by atoms with Gasteiger partial charge in [-0.05, 0) is 48.5 Å². The normalized spacial score (nSPS) is 10.5. The monoisotopic (exact) mass is 416 g/mol. The summed E-state index contributed by atoms with van der Waals surface area (Å²) in [5, 5.41) is 5.18. The van der Waals surface area contributed by atoms with Crippen LogP contribution in [-0.2, 0) is 0 Å². The van der Waals surface area contributed by atoms with Crippen LogP contribution in [-0.4, -0.2) is 28.9 Å². The van der Waals surface area contributed by atoms with E-state index in [1.54, 1.807) is 48.5 Å². The van der Waals surface area contributed by atoms with E-state index < -0.39 is 11.8 Å². The predicted molar refractivity (Wildman–Crippen MR) is 115 cm³/mol. The lowest BCUT2D eigenvalue weighted by Gasteiger charge is -2.09. The Bertz CT molecular complexity index is 1290. The van der Waals surface area contributed by atoms with E-state index in [1.165, 1.54) is 31.5 Å². The molecule has 4 aromatic rings. The number of aromatic nitrogens is 2. The van der Waals surface area contributed by atoms with Crippen LogP contribution in [0.2, 0.25) is 0 Å². The molecule has 0 aliphatic rings. The van der Waals surface area contributed by atoms with Gasteiger partial charge in [-0.2, -0.15) is 0 Å². The highest BCUT2D eigenvalue weighted by Crippen LogP contribution is 2.20. The van der Waals surface area contributed by atoms with Crippen LogP contribution < -0.4 is 15.4 Å². The van der Waals surface area contributed by atoms with Gasteiger partial charge in [-0.1, -0.05) is 18.2 Å². The van der Waals surface area contributed by atoms with Crippen LogP contribution in [0.3, 0.4) is 0 Å². The van der Waals surface area contributed by atoms with Gasteiger partial charge in [0.1, 0.15) is 5.82 Å². The van der Waals surface area contributed by atoms with Gasteiger partial charge in [-0.25, -0.2) is 19.2 Å². The fraction of sp³-hybridized carbons (Fsp3) is 0.0435. The van der Waals surface area contributed by atoms with E-state index in [9.17, 15) is 14.0 Å². The van der Waals surface area contributed by atoms with Crippen molar-refractivity contribution in [2.75, 3.05) is 17.7 Å². The number of carbonyl (C=O) groups excluding carboxylic acids is 2.